The topological polar surface area (TPSA) is 9.23 Å². The number of unbranched alkanes of at least 4 members (excludes halogenated alkanes) is 1. The van der Waals surface area contributed by atoms with E-state index in [9.17, 15) is 0 Å². The second-order valence-electron chi connectivity index (χ2n) is 5.89. The summed E-state index contributed by atoms with van der Waals surface area (Å²) in [7, 11) is -2.34. The average Bonchev–Trinajstić information content (AvgIpc) is 2.12. The molecule has 1 rings (SSSR count). The van der Waals surface area contributed by atoms with Crippen molar-refractivity contribution in [3.8, 4) is 0 Å². The van der Waals surface area contributed by atoms with Gasteiger partial charge in [0.25, 0.3) is 0 Å². The lowest BCUT2D eigenvalue weighted by Gasteiger charge is -2.45. The first kappa shape index (κ1) is 13.2. The summed E-state index contributed by atoms with van der Waals surface area (Å²) in [5.41, 5.74) is 0. The molecule has 0 aliphatic carbocycles. The van der Waals surface area contributed by atoms with Gasteiger partial charge in [-0.3, -0.25) is 0 Å². The summed E-state index contributed by atoms with van der Waals surface area (Å²) in [5.74, 6) is 0. The van der Waals surface area contributed by atoms with E-state index in [-0.39, 0.29) is 0 Å². The van der Waals surface area contributed by atoms with Crippen molar-refractivity contribution in [3.63, 3.8) is 0 Å². The summed E-state index contributed by atoms with van der Waals surface area (Å²) < 4.78 is 6.40. The van der Waals surface area contributed by atoms with Crippen molar-refractivity contribution in [3.05, 3.63) is 12.7 Å². The van der Waals surface area contributed by atoms with Crippen molar-refractivity contribution < 1.29 is 4.43 Å². The lowest BCUT2D eigenvalue weighted by atomic mass is 10.1. The maximum Gasteiger partial charge on any atom is 0.174 e. The molecule has 0 aromatic carbocycles. The van der Waals surface area contributed by atoms with Crippen LogP contribution >= 0.6 is 0 Å². The molecular weight excluding hydrogens is 216 g/mol. The van der Waals surface area contributed by atoms with Crippen LogP contribution in [0.1, 0.15) is 25.7 Å². The van der Waals surface area contributed by atoms with Gasteiger partial charge in [0.2, 0.25) is 0 Å². The zero-order valence-corrected chi connectivity index (χ0v) is 12.8. The van der Waals surface area contributed by atoms with Crippen molar-refractivity contribution in [1.29, 1.82) is 0 Å². The molecule has 0 aromatic heterocycles. The Morgan fingerprint density at radius 3 is 2.53 bits per heavy atom. The van der Waals surface area contributed by atoms with E-state index in [0.717, 1.165) is 6.42 Å². The molecule has 88 valence electrons. The van der Waals surface area contributed by atoms with E-state index in [4.69, 9.17) is 4.43 Å². The van der Waals surface area contributed by atoms with Gasteiger partial charge in [-0.25, -0.2) is 0 Å². The minimum Gasteiger partial charge on any atom is -0.417 e. The molecule has 15 heavy (non-hydrogen) atoms. The maximum atomic E-state index is 6.40. The molecule has 0 bridgehead atoms. The molecule has 0 aromatic rings. The van der Waals surface area contributed by atoms with Crippen LogP contribution in [0.15, 0.2) is 12.7 Å². The number of allylic oxidation sites excluding steroid dienone is 1. The molecule has 1 atom stereocenters. The molecule has 0 spiro atoms. The van der Waals surface area contributed by atoms with E-state index < -0.39 is 15.4 Å². The summed E-state index contributed by atoms with van der Waals surface area (Å²) in [4.78, 5) is 0. The first-order valence-electron chi connectivity index (χ1n) is 6.18. The van der Waals surface area contributed by atoms with Gasteiger partial charge >= 0.3 is 0 Å². The maximum absolute atomic E-state index is 6.40. The van der Waals surface area contributed by atoms with Gasteiger partial charge in [0.05, 0.1) is 7.59 Å². The Balaban J connectivity index is 2.44. The van der Waals surface area contributed by atoms with E-state index in [1.54, 1.807) is 0 Å². The van der Waals surface area contributed by atoms with Crippen LogP contribution in [0.4, 0.5) is 0 Å². The molecule has 1 saturated heterocycles. The average molecular weight is 243 g/mol. The minimum absolute atomic E-state index is 0.562. The van der Waals surface area contributed by atoms with E-state index in [1.807, 2.05) is 6.08 Å². The van der Waals surface area contributed by atoms with E-state index in [1.165, 1.54) is 25.3 Å². The predicted octanol–water partition coefficient (Wildman–Crippen LogP) is 4.12. The number of hydrogen-bond donors (Lipinski definition) is 0. The molecule has 0 amide bonds. The van der Waals surface area contributed by atoms with E-state index in [2.05, 4.69) is 32.8 Å². The Labute approximate surface area is 96.8 Å². The van der Waals surface area contributed by atoms with Crippen LogP contribution in [-0.2, 0) is 4.43 Å². The van der Waals surface area contributed by atoms with Gasteiger partial charge in [0.15, 0.2) is 7.83 Å². The summed E-state index contributed by atoms with van der Waals surface area (Å²) in [5, 5.41) is 0. The normalized spacial score (nSPS) is 28.7. The minimum atomic E-state index is -1.33. The Hall–Kier alpha value is 0.134. The van der Waals surface area contributed by atoms with Crippen LogP contribution in [0.5, 0.6) is 0 Å². The standard InChI is InChI=1S/C12H26OSi2/c1-6-7-8-9-12-10-11-14(2,3)15(4,5)13-12/h6,12H,1,7-11H2,2-5H3. The highest BCUT2D eigenvalue weighted by molar-refractivity contribution is 7.38. The Morgan fingerprint density at radius 2 is 2.00 bits per heavy atom. The van der Waals surface area contributed by atoms with Crippen molar-refractivity contribution in [1.82, 2.24) is 0 Å². The molecule has 0 saturated carbocycles. The van der Waals surface area contributed by atoms with Crippen molar-refractivity contribution in [2.45, 2.75) is 64.0 Å². The van der Waals surface area contributed by atoms with Crippen LogP contribution in [0.25, 0.3) is 0 Å². The highest BCUT2D eigenvalue weighted by atomic mass is 29.3. The molecule has 0 N–H and O–H groups in total. The molecule has 1 heterocycles. The van der Waals surface area contributed by atoms with Gasteiger partial charge in [0.1, 0.15) is 0 Å². The second-order valence-corrected chi connectivity index (χ2v) is 21.1. The summed E-state index contributed by atoms with van der Waals surface area (Å²) in [6, 6.07) is 1.48. The van der Waals surface area contributed by atoms with Crippen LogP contribution in [0, 0.1) is 0 Å². The van der Waals surface area contributed by atoms with Crippen LogP contribution < -0.4 is 0 Å². The van der Waals surface area contributed by atoms with Gasteiger partial charge in [-0.2, -0.15) is 0 Å². The van der Waals surface area contributed by atoms with Crippen molar-refractivity contribution >= 4 is 15.4 Å². The molecular formula is C12H26OSi2. The molecule has 1 fully saturated rings. The van der Waals surface area contributed by atoms with Gasteiger partial charge in [0, 0.05) is 6.10 Å². The molecule has 3 heteroatoms. The first-order chi connectivity index (χ1) is 6.89. The zero-order chi connectivity index (χ0) is 11.5. The first-order valence-corrected chi connectivity index (χ1v) is 13.3. The molecule has 1 nitrogen and oxygen atoms in total. The van der Waals surface area contributed by atoms with Gasteiger partial charge in [-0.05, 0) is 38.8 Å². The molecule has 1 aliphatic heterocycles. The quantitative estimate of drug-likeness (QED) is 0.409. The van der Waals surface area contributed by atoms with Gasteiger partial charge in [-0.1, -0.05) is 25.2 Å². The van der Waals surface area contributed by atoms with Crippen LogP contribution in [-0.4, -0.2) is 21.5 Å². The highest BCUT2D eigenvalue weighted by Crippen LogP contribution is 2.34. The third-order valence-corrected chi connectivity index (χ3v) is 20.7. The van der Waals surface area contributed by atoms with Gasteiger partial charge in [-0.15, -0.1) is 6.58 Å². The monoisotopic (exact) mass is 242 g/mol. The smallest absolute Gasteiger partial charge is 0.174 e. The molecule has 1 aliphatic rings. The Morgan fingerprint density at radius 1 is 1.33 bits per heavy atom. The zero-order valence-electron chi connectivity index (χ0n) is 10.8. The predicted molar refractivity (Wildman–Crippen MR) is 73.3 cm³/mol. The molecule has 0 radical (unpaired) electrons. The van der Waals surface area contributed by atoms with Crippen LogP contribution in [0.3, 0.4) is 0 Å². The van der Waals surface area contributed by atoms with Gasteiger partial charge < -0.3 is 4.43 Å². The van der Waals surface area contributed by atoms with E-state index >= 15 is 0 Å². The summed E-state index contributed by atoms with van der Waals surface area (Å²) in [6.45, 7) is 13.7. The third-order valence-electron chi connectivity index (χ3n) is 4.12. The number of rotatable bonds is 4. The fourth-order valence-corrected chi connectivity index (χ4v) is 8.88. The summed E-state index contributed by atoms with van der Waals surface area (Å²) in [6.07, 6.45) is 7.53. The van der Waals surface area contributed by atoms with Crippen LogP contribution in [0.2, 0.25) is 32.2 Å². The Bertz CT molecular complexity index is 224. The van der Waals surface area contributed by atoms with E-state index in [0.29, 0.717) is 6.10 Å². The molecule has 1 unspecified atom stereocenters. The Kier molecular flexibility index (Phi) is 4.38. The fraction of sp³-hybridized carbons (Fsp3) is 0.833. The SMILES string of the molecule is C=CCCCC1CC[Si](C)(C)[Si](C)(C)O1. The van der Waals surface area contributed by atoms with Crippen molar-refractivity contribution in [2.24, 2.45) is 0 Å². The fourth-order valence-electron chi connectivity index (χ4n) is 2.15. The third kappa shape index (κ3) is 3.29. The largest absolute Gasteiger partial charge is 0.417 e. The van der Waals surface area contributed by atoms with Crippen molar-refractivity contribution in [2.75, 3.05) is 0 Å². The number of hydrogen-bond acceptors (Lipinski definition) is 1. The summed E-state index contributed by atoms with van der Waals surface area (Å²) >= 11 is 0. The highest BCUT2D eigenvalue weighted by Gasteiger charge is 2.47. The lowest BCUT2D eigenvalue weighted by molar-refractivity contribution is 0.173. The lowest BCUT2D eigenvalue weighted by Crippen LogP contribution is -2.61. The second kappa shape index (κ2) is 4.98.